The van der Waals surface area contributed by atoms with Gasteiger partial charge in [0.05, 0.1) is 5.92 Å². The molecule has 1 fully saturated rings. The van der Waals surface area contributed by atoms with Crippen LogP contribution in [0.15, 0.2) is 30.3 Å². The molecule has 0 aromatic heterocycles. The highest BCUT2D eigenvalue weighted by Crippen LogP contribution is 2.29. The number of rotatable bonds is 4. The van der Waals surface area contributed by atoms with Gasteiger partial charge in [-0.2, -0.15) is 0 Å². The van der Waals surface area contributed by atoms with Crippen LogP contribution in [0.2, 0.25) is 0 Å². The molecule has 1 aliphatic rings. The third kappa shape index (κ3) is 3.12. The molecule has 0 saturated carbocycles. The third-order valence-electron chi connectivity index (χ3n) is 2.97. The Bertz CT molecular complexity index is 480. The Balaban J connectivity index is 2.18. The highest BCUT2D eigenvalue weighted by Gasteiger charge is 2.47. The fourth-order valence-electron chi connectivity index (χ4n) is 2.12. The first-order chi connectivity index (χ1) is 8.89. The van der Waals surface area contributed by atoms with Crippen molar-refractivity contribution in [2.24, 2.45) is 5.92 Å². The number of hydrogen-bond donors (Lipinski definition) is 1. The zero-order chi connectivity index (χ0) is 14.0. The number of carbonyl (C=O) groups excluding carboxylic acids is 1. The summed E-state index contributed by atoms with van der Waals surface area (Å²) in [4.78, 5) is 23.1. The van der Waals surface area contributed by atoms with Gasteiger partial charge in [-0.25, -0.2) is 4.79 Å². The van der Waals surface area contributed by atoms with E-state index in [9.17, 15) is 14.7 Å². The van der Waals surface area contributed by atoms with E-state index in [1.807, 2.05) is 30.3 Å². The van der Waals surface area contributed by atoms with Crippen molar-refractivity contribution in [2.75, 3.05) is 0 Å². The minimum atomic E-state index is -1.07. The van der Waals surface area contributed by atoms with Crippen LogP contribution in [0.4, 0.5) is 0 Å². The molecule has 0 bridgehead atoms. The van der Waals surface area contributed by atoms with Crippen molar-refractivity contribution in [3.63, 3.8) is 0 Å². The lowest BCUT2D eigenvalue weighted by molar-refractivity contribution is -0.163. The van der Waals surface area contributed by atoms with Crippen molar-refractivity contribution in [2.45, 2.75) is 32.2 Å². The van der Waals surface area contributed by atoms with Crippen LogP contribution in [0.5, 0.6) is 0 Å². The molecule has 2 atom stereocenters. The molecular formula is C14H16O5. The molecule has 102 valence electrons. The zero-order valence-corrected chi connectivity index (χ0v) is 10.8. The van der Waals surface area contributed by atoms with E-state index in [2.05, 4.69) is 0 Å². The number of aliphatic carboxylic acids is 1. The Kier molecular flexibility index (Phi) is 3.57. The fraction of sp³-hybridized carbons (Fsp3) is 0.429. The number of carbonyl (C=O) groups is 2. The first kappa shape index (κ1) is 13.5. The van der Waals surface area contributed by atoms with E-state index in [1.165, 1.54) is 0 Å². The molecule has 0 radical (unpaired) electrons. The van der Waals surface area contributed by atoms with E-state index in [4.69, 9.17) is 9.47 Å². The monoisotopic (exact) mass is 264 g/mol. The number of esters is 1. The summed E-state index contributed by atoms with van der Waals surface area (Å²) in [5.74, 6) is -3.69. The van der Waals surface area contributed by atoms with Crippen LogP contribution >= 0.6 is 0 Å². The maximum atomic E-state index is 11.7. The molecule has 5 nitrogen and oxygen atoms in total. The van der Waals surface area contributed by atoms with Crippen LogP contribution in [0.25, 0.3) is 0 Å². The number of carboxylic acids is 1. The molecule has 1 heterocycles. The molecule has 0 spiro atoms. The summed E-state index contributed by atoms with van der Waals surface area (Å²) in [6, 6.07) is 9.14. The maximum Gasteiger partial charge on any atom is 0.338 e. The number of ether oxygens (including phenoxy) is 2. The SMILES string of the molecule is CC1(C)OC(=O)[C@H](C(Cc2ccccc2)C(=O)O)O1. The zero-order valence-electron chi connectivity index (χ0n) is 10.8. The van der Waals surface area contributed by atoms with E-state index >= 15 is 0 Å². The second-order valence-corrected chi connectivity index (χ2v) is 4.99. The third-order valence-corrected chi connectivity index (χ3v) is 2.97. The summed E-state index contributed by atoms with van der Waals surface area (Å²) in [5, 5.41) is 9.30. The molecule has 5 heteroatoms. The number of carboxylic acid groups (broad SMARTS) is 1. The van der Waals surface area contributed by atoms with Crippen molar-refractivity contribution in [1.82, 2.24) is 0 Å². The minimum Gasteiger partial charge on any atom is -0.481 e. The Morgan fingerprint density at radius 2 is 2.00 bits per heavy atom. The van der Waals surface area contributed by atoms with E-state index in [1.54, 1.807) is 13.8 Å². The van der Waals surface area contributed by atoms with Gasteiger partial charge in [0.25, 0.3) is 0 Å². The largest absolute Gasteiger partial charge is 0.481 e. The van der Waals surface area contributed by atoms with Crippen LogP contribution in [-0.4, -0.2) is 28.9 Å². The first-order valence-corrected chi connectivity index (χ1v) is 6.06. The van der Waals surface area contributed by atoms with Gasteiger partial charge in [0, 0.05) is 13.8 Å². The summed E-state index contributed by atoms with van der Waals surface area (Å²) in [6.07, 6.45) is -0.834. The van der Waals surface area contributed by atoms with Crippen molar-refractivity contribution < 1.29 is 24.2 Å². The quantitative estimate of drug-likeness (QED) is 0.836. The molecule has 1 N–H and O–H groups in total. The number of benzene rings is 1. The van der Waals surface area contributed by atoms with Crippen LogP contribution in [-0.2, 0) is 25.5 Å². The highest BCUT2D eigenvalue weighted by atomic mass is 16.8. The molecule has 1 aromatic carbocycles. The molecule has 1 saturated heterocycles. The normalized spacial score (nSPS) is 22.8. The van der Waals surface area contributed by atoms with Crippen molar-refractivity contribution in [3.8, 4) is 0 Å². The lowest BCUT2D eigenvalue weighted by Gasteiger charge is -2.19. The van der Waals surface area contributed by atoms with Crippen LogP contribution in [0, 0.1) is 5.92 Å². The Hall–Kier alpha value is -1.88. The van der Waals surface area contributed by atoms with Crippen molar-refractivity contribution in [3.05, 3.63) is 35.9 Å². The fourth-order valence-corrected chi connectivity index (χ4v) is 2.12. The topological polar surface area (TPSA) is 72.8 Å². The van der Waals surface area contributed by atoms with Gasteiger partial charge in [-0.3, -0.25) is 4.79 Å². The Morgan fingerprint density at radius 3 is 2.47 bits per heavy atom. The Morgan fingerprint density at radius 1 is 1.37 bits per heavy atom. The van der Waals surface area contributed by atoms with Gasteiger partial charge >= 0.3 is 11.9 Å². The highest BCUT2D eigenvalue weighted by molar-refractivity contribution is 5.84. The smallest absolute Gasteiger partial charge is 0.338 e. The van der Waals surface area contributed by atoms with Crippen LogP contribution < -0.4 is 0 Å². The second kappa shape index (κ2) is 5.01. The van der Waals surface area contributed by atoms with Gasteiger partial charge in [-0.15, -0.1) is 0 Å². The predicted molar refractivity (Wildman–Crippen MR) is 66.3 cm³/mol. The molecule has 1 aromatic rings. The molecular weight excluding hydrogens is 248 g/mol. The van der Waals surface area contributed by atoms with E-state index in [-0.39, 0.29) is 6.42 Å². The molecule has 0 amide bonds. The van der Waals surface area contributed by atoms with E-state index < -0.39 is 29.7 Å². The van der Waals surface area contributed by atoms with Crippen molar-refractivity contribution >= 4 is 11.9 Å². The number of hydrogen-bond acceptors (Lipinski definition) is 4. The lowest BCUT2D eigenvalue weighted by atomic mass is 9.94. The molecule has 19 heavy (non-hydrogen) atoms. The van der Waals surface area contributed by atoms with E-state index in [0.717, 1.165) is 5.56 Å². The Labute approximate surface area is 111 Å². The van der Waals surface area contributed by atoms with Crippen LogP contribution in [0.1, 0.15) is 19.4 Å². The second-order valence-electron chi connectivity index (χ2n) is 4.99. The van der Waals surface area contributed by atoms with Gasteiger partial charge in [-0.05, 0) is 12.0 Å². The van der Waals surface area contributed by atoms with Crippen LogP contribution in [0.3, 0.4) is 0 Å². The summed E-state index contributed by atoms with van der Waals surface area (Å²) in [5.41, 5.74) is 0.844. The minimum absolute atomic E-state index is 0.228. The molecule has 0 aliphatic carbocycles. The van der Waals surface area contributed by atoms with Gasteiger partial charge in [0.15, 0.2) is 6.10 Å². The van der Waals surface area contributed by atoms with Crippen molar-refractivity contribution in [1.29, 1.82) is 0 Å². The predicted octanol–water partition coefficient (Wildman–Crippen LogP) is 1.61. The molecule has 2 rings (SSSR count). The lowest BCUT2D eigenvalue weighted by Crippen LogP contribution is -2.35. The van der Waals surface area contributed by atoms with Gasteiger partial charge in [0.1, 0.15) is 0 Å². The maximum absolute atomic E-state index is 11.7. The average molecular weight is 264 g/mol. The van der Waals surface area contributed by atoms with Gasteiger partial charge in [-0.1, -0.05) is 30.3 Å². The standard InChI is InChI=1S/C14H16O5/c1-14(2)18-11(13(17)19-14)10(12(15)16)8-9-6-4-3-5-7-9/h3-7,10-11H,8H2,1-2H3,(H,15,16)/t10?,11-/m0/s1. The van der Waals surface area contributed by atoms with Gasteiger partial charge in [0.2, 0.25) is 5.79 Å². The summed E-state index contributed by atoms with van der Waals surface area (Å²) >= 11 is 0. The van der Waals surface area contributed by atoms with E-state index in [0.29, 0.717) is 0 Å². The molecule has 1 aliphatic heterocycles. The first-order valence-electron chi connectivity index (χ1n) is 6.06. The number of cyclic esters (lactones) is 1. The summed E-state index contributed by atoms with van der Waals surface area (Å²) < 4.78 is 10.4. The average Bonchev–Trinajstić information content (AvgIpc) is 2.60. The summed E-state index contributed by atoms with van der Waals surface area (Å²) in [7, 11) is 0. The molecule has 1 unspecified atom stereocenters. The van der Waals surface area contributed by atoms with Gasteiger partial charge < -0.3 is 14.6 Å². The summed E-state index contributed by atoms with van der Waals surface area (Å²) in [6.45, 7) is 3.18.